The number of rotatable bonds is 4. The van der Waals surface area contributed by atoms with Crippen molar-refractivity contribution in [3.63, 3.8) is 0 Å². The van der Waals surface area contributed by atoms with Gasteiger partial charge in [-0.1, -0.05) is 11.6 Å². The van der Waals surface area contributed by atoms with Crippen molar-refractivity contribution in [3.8, 4) is 5.88 Å². The summed E-state index contributed by atoms with van der Waals surface area (Å²) in [5.41, 5.74) is 1.14. The Hall–Kier alpha value is -2.60. The zero-order chi connectivity index (χ0) is 18.7. The minimum atomic E-state index is -0.252. The predicted molar refractivity (Wildman–Crippen MR) is 99.7 cm³/mol. The van der Waals surface area contributed by atoms with Crippen molar-refractivity contribution in [3.05, 3.63) is 53.2 Å². The van der Waals surface area contributed by atoms with Gasteiger partial charge in [0.2, 0.25) is 11.8 Å². The van der Waals surface area contributed by atoms with Crippen molar-refractivity contribution in [2.24, 2.45) is 0 Å². The lowest BCUT2D eigenvalue weighted by molar-refractivity contribution is -0.121. The van der Waals surface area contributed by atoms with Crippen LogP contribution in [-0.4, -0.2) is 47.4 Å². The molecule has 1 saturated heterocycles. The van der Waals surface area contributed by atoms with Gasteiger partial charge in [0.05, 0.1) is 6.61 Å². The van der Waals surface area contributed by atoms with E-state index in [1.165, 1.54) is 0 Å². The molecule has 136 valence electrons. The molecule has 2 amide bonds. The van der Waals surface area contributed by atoms with Crippen LogP contribution in [-0.2, 0) is 4.79 Å². The molecule has 6 nitrogen and oxygen atoms in total. The van der Waals surface area contributed by atoms with Gasteiger partial charge in [-0.05, 0) is 50.2 Å². The molecule has 1 aliphatic heterocycles. The van der Waals surface area contributed by atoms with Crippen molar-refractivity contribution >= 4 is 29.1 Å². The highest BCUT2D eigenvalue weighted by Gasteiger charge is 2.34. The minimum absolute atomic E-state index is 0.00306. The standard InChI is InChI=1S/C19H20ClN3O3/c1-3-26-18-16(5-4-10-21-18)19(25)22-12-17(24)23(11-13(22)2)15-8-6-14(20)7-9-15/h4-10,13H,3,11-12H2,1-2H3/t13-/m1/s1. The van der Waals surface area contributed by atoms with Gasteiger partial charge in [0.1, 0.15) is 12.1 Å². The molecule has 1 aromatic carbocycles. The van der Waals surface area contributed by atoms with Crippen molar-refractivity contribution in [2.45, 2.75) is 19.9 Å². The number of nitrogens with zero attached hydrogens (tertiary/aromatic N) is 3. The number of halogens is 1. The normalized spacial score (nSPS) is 17.3. The van der Waals surface area contributed by atoms with Gasteiger partial charge < -0.3 is 14.5 Å². The Morgan fingerprint density at radius 3 is 2.73 bits per heavy atom. The molecule has 0 N–H and O–H groups in total. The fourth-order valence-corrected chi connectivity index (χ4v) is 3.08. The third kappa shape index (κ3) is 3.65. The number of carbonyl (C=O) groups is 2. The number of piperazine rings is 1. The molecule has 26 heavy (non-hydrogen) atoms. The first kappa shape index (κ1) is 18.2. The molecule has 3 rings (SSSR count). The maximum absolute atomic E-state index is 13.0. The summed E-state index contributed by atoms with van der Waals surface area (Å²) >= 11 is 5.91. The third-order valence-corrected chi connectivity index (χ3v) is 4.52. The summed E-state index contributed by atoms with van der Waals surface area (Å²) in [5, 5.41) is 0.614. The van der Waals surface area contributed by atoms with E-state index in [0.717, 1.165) is 5.69 Å². The van der Waals surface area contributed by atoms with Gasteiger partial charge in [-0.25, -0.2) is 4.98 Å². The van der Waals surface area contributed by atoms with Gasteiger partial charge in [-0.3, -0.25) is 9.59 Å². The molecule has 1 aliphatic rings. The first-order valence-electron chi connectivity index (χ1n) is 8.46. The van der Waals surface area contributed by atoms with Crippen LogP contribution in [0.25, 0.3) is 0 Å². The van der Waals surface area contributed by atoms with Gasteiger partial charge in [-0.2, -0.15) is 0 Å². The van der Waals surface area contributed by atoms with Crippen molar-refractivity contribution in [1.29, 1.82) is 0 Å². The third-order valence-electron chi connectivity index (χ3n) is 4.27. The molecule has 1 fully saturated rings. The Morgan fingerprint density at radius 1 is 1.31 bits per heavy atom. The number of anilines is 1. The average Bonchev–Trinajstić information content (AvgIpc) is 2.64. The topological polar surface area (TPSA) is 62.7 Å². The number of aromatic nitrogens is 1. The Kier molecular flexibility index (Phi) is 5.42. The van der Waals surface area contributed by atoms with Crippen molar-refractivity contribution < 1.29 is 14.3 Å². The number of pyridine rings is 1. The van der Waals surface area contributed by atoms with Crippen LogP contribution in [0.2, 0.25) is 5.02 Å². The number of hydrogen-bond donors (Lipinski definition) is 0. The molecule has 2 aromatic rings. The van der Waals surface area contributed by atoms with Gasteiger partial charge in [-0.15, -0.1) is 0 Å². The van der Waals surface area contributed by atoms with Crippen LogP contribution in [0.5, 0.6) is 5.88 Å². The lowest BCUT2D eigenvalue weighted by atomic mass is 10.1. The number of carbonyl (C=O) groups excluding carboxylic acids is 2. The van der Waals surface area contributed by atoms with Crippen molar-refractivity contribution in [1.82, 2.24) is 9.88 Å². The molecule has 0 bridgehead atoms. The first-order valence-corrected chi connectivity index (χ1v) is 8.83. The molecule has 0 radical (unpaired) electrons. The summed E-state index contributed by atoms with van der Waals surface area (Å²) in [6, 6.07) is 10.3. The molecule has 7 heteroatoms. The quantitative estimate of drug-likeness (QED) is 0.826. The fourth-order valence-electron chi connectivity index (χ4n) is 2.95. The average molecular weight is 374 g/mol. The molecule has 1 atom stereocenters. The van der Waals surface area contributed by atoms with E-state index in [1.54, 1.807) is 52.4 Å². The van der Waals surface area contributed by atoms with E-state index in [-0.39, 0.29) is 24.4 Å². The second-order valence-corrected chi connectivity index (χ2v) is 6.49. The summed E-state index contributed by atoms with van der Waals surface area (Å²) in [6.45, 7) is 4.58. The van der Waals surface area contributed by atoms with E-state index < -0.39 is 0 Å². The highest BCUT2D eigenvalue weighted by atomic mass is 35.5. The largest absolute Gasteiger partial charge is 0.477 e. The number of hydrogen-bond acceptors (Lipinski definition) is 4. The van der Waals surface area contributed by atoms with E-state index in [1.807, 2.05) is 13.8 Å². The maximum Gasteiger partial charge on any atom is 0.260 e. The first-order chi connectivity index (χ1) is 12.5. The van der Waals surface area contributed by atoms with Crippen molar-refractivity contribution in [2.75, 3.05) is 24.6 Å². The van der Waals surface area contributed by atoms with Crippen LogP contribution in [0.15, 0.2) is 42.6 Å². The molecule has 0 spiro atoms. The monoisotopic (exact) mass is 373 g/mol. The Labute approximate surface area is 157 Å². The number of amides is 2. The van der Waals surface area contributed by atoms with Gasteiger partial charge in [0.15, 0.2) is 0 Å². The molecular formula is C19H20ClN3O3. The maximum atomic E-state index is 13.0. The van der Waals surface area contributed by atoms with Crippen LogP contribution in [0.1, 0.15) is 24.2 Å². The van der Waals surface area contributed by atoms with Crippen LogP contribution in [0, 0.1) is 0 Å². The van der Waals surface area contributed by atoms with Crippen LogP contribution in [0.3, 0.4) is 0 Å². The van der Waals surface area contributed by atoms with E-state index >= 15 is 0 Å². The summed E-state index contributed by atoms with van der Waals surface area (Å²) in [7, 11) is 0. The number of benzene rings is 1. The van der Waals surface area contributed by atoms with E-state index in [9.17, 15) is 9.59 Å². The highest BCUT2D eigenvalue weighted by Crippen LogP contribution is 2.25. The summed E-state index contributed by atoms with van der Waals surface area (Å²) in [6.07, 6.45) is 1.58. The molecular weight excluding hydrogens is 354 g/mol. The Bertz CT molecular complexity index is 810. The molecule has 0 saturated carbocycles. The fraction of sp³-hybridized carbons (Fsp3) is 0.316. The zero-order valence-corrected chi connectivity index (χ0v) is 15.4. The van der Waals surface area contributed by atoms with E-state index in [0.29, 0.717) is 29.6 Å². The SMILES string of the molecule is CCOc1ncccc1C(=O)N1CC(=O)N(c2ccc(Cl)cc2)C[C@H]1C. The van der Waals surface area contributed by atoms with E-state index in [4.69, 9.17) is 16.3 Å². The van der Waals surface area contributed by atoms with Gasteiger partial charge in [0, 0.05) is 29.5 Å². The molecule has 2 heterocycles. The molecule has 1 aromatic heterocycles. The summed E-state index contributed by atoms with van der Waals surface area (Å²) < 4.78 is 5.45. The Morgan fingerprint density at radius 2 is 2.04 bits per heavy atom. The van der Waals surface area contributed by atoms with E-state index in [2.05, 4.69) is 4.98 Å². The lowest BCUT2D eigenvalue weighted by Crippen LogP contribution is -2.57. The van der Waals surface area contributed by atoms with Crippen LogP contribution >= 0.6 is 11.6 Å². The predicted octanol–water partition coefficient (Wildman–Crippen LogP) is 3.01. The second kappa shape index (κ2) is 7.74. The minimum Gasteiger partial charge on any atom is -0.477 e. The molecule has 0 aliphatic carbocycles. The highest BCUT2D eigenvalue weighted by molar-refractivity contribution is 6.30. The smallest absolute Gasteiger partial charge is 0.260 e. The van der Waals surface area contributed by atoms with Crippen LogP contribution in [0.4, 0.5) is 5.69 Å². The van der Waals surface area contributed by atoms with Gasteiger partial charge in [0.25, 0.3) is 5.91 Å². The van der Waals surface area contributed by atoms with Crippen LogP contribution < -0.4 is 9.64 Å². The van der Waals surface area contributed by atoms with Gasteiger partial charge >= 0.3 is 0 Å². The summed E-state index contributed by atoms with van der Waals surface area (Å²) in [5.74, 6) is -0.0986. The summed E-state index contributed by atoms with van der Waals surface area (Å²) in [4.78, 5) is 33.0. The lowest BCUT2D eigenvalue weighted by Gasteiger charge is -2.39. The number of ether oxygens (including phenoxy) is 1. The molecule has 0 unspecified atom stereocenters. The Balaban J connectivity index is 1.80. The zero-order valence-electron chi connectivity index (χ0n) is 14.7. The second-order valence-electron chi connectivity index (χ2n) is 6.05.